The predicted octanol–water partition coefficient (Wildman–Crippen LogP) is 1.89. The van der Waals surface area contributed by atoms with E-state index < -0.39 is 5.82 Å². The summed E-state index contributed by atoms with van der Waals surface area (Å²) in [7, 11) is 0. The largest absolute Gasteiger partial charge is 0.352 e. The molecule has 2 aliphatic rings. The summed E-state index contributed by atoms with van der Waals surface area (Å²) in [6.45, 7) is 2.73. The molecule has 2 saturated heterocycles. The summed E-state index contributed by atoms with van der Waals surface area (Å²) in [5.74, 6) is 2.03. The van der Waals surface area contributed by atoms with Crippen LogP contribution in [0.1, 0.15) is 0 Å². The Morgan fingerprint density at radius 3 is 2.75 bits per heavy atom. The number of pyridine rings is 1. The van der Waals surface area contributed by atoms with Crippen molar-refractivity contribution in [2.45, 2.75) is 0 Å². The summed E-state index contributed by atoms with van der Waals surface area (Å²) in [5, 5.41) is 0.283. The average Bonchev–Trinajstić information content (AvgIpc) is 2.40. The van der Waals surface area contributed by atoms with E-state index in [1.54, 1.807) is 4.90 Å². The predicted molar refractivity (Wildman–Crippen MR) is 78.8 cm³/mol. The first-order valence-corrected chi connectivity index (χ1v) is 8.11. The van der Waals surface area contributed by atoms with Gasteiger partial charge in [-0.3, -0.25) is 4.79 Å². The van der Waals surface area contributed by atoms with Gasteiger partial charge in [-0.1, -0.05) is 11.6 Å². The van der Waals surface area contributed by atoms with Crippen LogP contribution in [0.25, 0.3) is 0 Å². The maximum atomic E-state index is 13.7. The van der Waals surface area contributed by atoms with Crippen molar-refractivity contribution in [1.82, 2.24) is 9.88 Å². The van der Waals surface area contributed by atoms with E-state index in [4.69, 9.17) is 11.6 Å². The van der Waals surface area contributed by atoms with Gasteiger partial charge >= 0.3 is 0 Å². The molecule has 2 fully saturated rings. The second-order valence-electron chi connectivity index (χ2n) is 5.00. The molecule has 0 spiro atoms. The van der Waals surface area contributed by atoms with Gasteiger partial charge in [0.1, 0.15) is 0 Å². The molecule has 1 amide bonds. The number of nitrogens with zero attached hydrogens (tertiary/aromatic N) is 3. The Labute approximate surface area is 126 Å². The zero-order valence-corrected chi connectivity index (χ0v) is 12.5. The number of aromatic nitrogens is 1. The fourth-order valence-electron chi connectivity index (χ4n) is 2.49. The Bertz CT molecular complexity index is 518. The zero-order chi connectivity index (χ0) is 14.1. The first-order chi connectivity index (χ1) is 9.65. The summed E-state index contributed by atoms with van der Waals surface area (Å²) in [6.07, 6.45) is 1.43. The van der Waals surface area contributed by atoms with Gasteiger partial charge < -0.3 is 9.80 Å². The van der Waals surface area contributed by atoms with Gasteiger partial charge in [-0.15, -0.1) is 0 Å². The number of halogens is 2. The minimum Gasteiger partial charge on any atom is -0.352 e. The Balaban J connectivity index is 1.59. The molecule has 0 bridgehead atoms. The quantitative estimate of drug-likeness (QED) is 0.835. The molecule has 0 aromatic carbocycles. The molecule has 0 unspecified atom stereocenters. The highest BCUT2D eigenvalue weighted by Gasteiger charge is 2.37. The van der Waals surface area contributed by atoms with Crippen molar-refractivity contribution in [3.05, 3.63) is 23.1 Å². The van der Waals surface area contributed by atoms with Crippen LogP contribution in [-0.2, 0) is 4.79 Å². The number of thioether (sulfide) groups is 1. The second kappa shape index (κ2) is 5.77. The number of carbonyl (C=O) groups is 1. The van der Waals surface area contributed by atoms with E-state index in [0.29, 0.717) is 13.1 Å². The summed E-state index contributed by atoms with van der Waals surface area (Å²) in [4.78, 5) is 20.0. The van der Waals surface area contributed by atoms with Crippen molar-refractivity contribution < 1.29 is 9.18 Å². The molecule has 1 aromatic heterocycles. The van der Waals surface area contributed by atoms with Gasteiger partial charge in [-0.2, -0.15) is 11.8 Å². The van der Waals surface area contributed by atoms with Crippen molar-refractivity contribution in [2.75, 3.05) is 42.6 Å². The van der Waals surface area contributed by atoms with E-state index >= 15 is 0 Å². The number of hydrogen-bond donors (Lipinski definition) is 0. The third kappa shape index (κ3) is 2.72. The molecule has 3 rings (SSSR count). The second-order valence-corrected chi connectivity index (χ2v) is 6.66. The lowest BCUT2D eigenvalue weighted by atomic mass is 9.98. The van der Waals surface area contributed by atoms with Crippen LogP contribution in [0, 0.1) is 11.7 Å². The van der Waals surface area contributed by atoms with Gasteiger partial charge in [-0.05, 0) is 6.07 Å². The maximum Gasteiger partial charge on any atom is 0.229 e. The molecule has 4 nitrogen and oxygen atoms in total. The van der Waals surface area contributed by atoms with Crippen LogP contribution in [0.2, 0.25) is 5.02 Å². The number of rotatable bonds is 2. The van der Waals surface area contributed by atoms with Gasteiger partial charge in [0.05, 0.1) is 10.9 Å². The molecular weight excluding hydrogens is 301 g/mol. The van der Waals surface area contributed by atoms with Crippen molar-refractivity contribution in [2.24, 2.45) is 5.92 Å². The first kappa shape index (κ1) is 13.9. The lowest BCUT2D eigenvalue weighted by Gasteiger charge is -2.42. The molecule has 0 aliphatic carbocycles. The van der Waals surface area contributed by atoms with Crippen molar-refractivity contribution in [3.8, 4) is 0 Å². The number of anilines is 1. The van der Waals surface area contributed by atoms with Gasteiger partial charge in [0.2, 0.25) is 5.91 Å². The molecule has 7 heteroatoms. The van der Waals surface area contributed by atoms with E-state index in [0.717, 1.165) is 24.6 Å². The minimum absolute atomic E-state index is 0.0324. The normalized spacial score (nSPS) is 19.9. The molecular formula is C13H15ClFN3OS. The van der Waals surface area contributed by atoms with Gasteiger partial charge in [0.15, 0.2) is 11.6 Å². The SMILES string of the molecule is O=C(C1CN(c2ncc(Cl)cc2F)C1)N1CCSCC1. The van der Waals surface area contributed by atoms with Crippen LogP contribution >= 0.6 is 23.4 Å². The van der Waals surface area contributed by atoms with Crippen LogP contribution < -0.4 is 4.90 Å². The topological polar surface area (TPSA) is 36.4 Å². The van der Waals surface area contributed by atoms with Crippen LogP contribution in [0.3, 0.4) is 0 Å². The fraction of sp³-hybridized carbons (Fsp3) is 0.538. The highest BCUT2D eigenvalue weighted by molar-refractivity contribution is 7.99. The highest BCUT2D eigenvalue weighted by atomic mass is 35.5. The van der Waals surface area contributed by atoms with Crippen molar-refractivity contribution >= 4 is 35.1 Å². The summed E-state index contributed by atoms with van der Waals surface area (Å²) < 4.78 is 13.7. The average molecular weight is 316 g/mol. The van der Waals surface area contributed by atoms with Gasteiger partial charge in [0, 0.05) is 43.9 Å². The standard InChI is InChI=1S/C13H15ClFN3OS/c14-10-5-11(15)12(16-6-10)18-7-9(8-18)13(19)17-1-3-20-4-2-17/h5-6,9H,1-4,7-8H2. The maximum absolute atomic E-state index is 13.7. The number of amides is 1. The smallest absolute Gasteiger partial charge is 0.229 e. The minimum atomic E-state index is -0.433. The molecule has 0 N–H and O–H groups in total. The number of carbonyl (C=O) groups excluding carboxylic acids is 1. The van der Waals surface area contributed by atoms with Crippen LogP contribution in [0.5, 0.6) is 0 Å². The third-order valence-corrected chi connectivity index (χ3v) is 4.79. The van der Waals surface area contributed by atoms with Crippen molar-refractivity contribution in [3.63, 3.8) is 0 Å². The van der Waals surface area contributed by atoms with Crippen LogP contribution in [-0.4, -0.2) is 53.5 Å². The van der Waals surface area contributed by atoms with Crippen molar-refractivity contribution in [1.29, 1.82) is 0 Å². The Morgan fingerprint density at radius 2 is 2.10 bits per heavy atom. The fourth-order valence-corrected chi connectivity index (χ4v) is 3.54. The monoisotopic (exact) mass is 315 g/mol. The molecule has 3 heterocycles. The van der Waals surface area contributed by atoms with Crippen LogP contribution in [0.15, 0.2) is 12.3 Å². The molecule has 0 atom stereocenters. The molecule has 0 radical (unpaired) electrons. The summed E-state index contributed by atoms with van der Waals surface area (Å²) in [5.41, 5.74) is 0. The van der Waals surface area contributed by atoms with E-state index in [1.807, 2.05) is 16.7 Å². The Hall–Kier alpha value is -1.01. The van der Waals surface area contributed by atoms with Gasteiger partial charge in [-0.25, -0.2) is 9.37 Å². The molecule has 20 heavy (non-hydrogen) atoms. The first-order valence-electron chi connectivity index (χ1n) is 6.57. The summed E-state index contributed by atoms with van der Waals surface area (Å²) >= 11 is 7.56. The van der Waals surface area contributed by atoms with E-state index in [1.165, 1.54) is 12.3 Å². The molecule has 2 aliphatic heterocycles. The zero-order valence-electron chi connectivity index (χ0n) is 10.9. The van der Waals surface area contributed by atoms with E-state index in [-0.39, 0.29) is 22.7 Å². The lowest BCUT2D eigenvalue weighted by molar-refractivity contribution is -0.135. The van der Waals surface area contributed by atoms with E-state index in [9.17, 15) is 9.18 Å². The molecule has 1 aromatic rings. The number of hydrogen-bond acceptors (Lipinski definition) is 4. The Morgan fingerprint density at radius 1 is 1.40 bits per heavy atom. The van der Waals surface area contributed by atoms with Crippen LogP contribution in [0.4, 0.5) is 10.2 Å². The molecule has 108 valence electrons. The Kier molecular flexibility index (Phi) is 4.03. The van der Waals surface area contributed by atoms with Gasteiger partial charge in [0.25, 0.3) is 0 Å². The van der Waals surface area contributed by atoms with E-state index in [2.05, 4.69) is 4.98 Å². The third-order valence-electron chi connectivity index (χ3n) is 3.64. The highest BCUT2D eigenvalue weighted by Crippen LogP contribution is 2.28. The summed E-state index contributed by atoms with van der Waals surface area (Å²) in [6, 6.07) is 1.25. The molecule has 0 saturated carbocycles. The lowest BCUT2D eigenvalue weighted by Crippen LogP contribution is -2.56.